The van der Waals surface area contributed by atoms with E-state index < -0.39 is 17.8 Å². The first-order valence-electron chi connectivity index (χ1n) is 7.39. The lowest BCUT2D eigenvalue weighted by molar-refractivity contribution is -0.139. The highest BCUT2D eigenvalue weighted by molar-refractivity contribution is 8.00. The summed E-state index contributed by atoms with van der Waals surface area (Å²) in [6.45, 7) is 0. The number of rotatable bonds is 3. The van der Waals surface area contributed by atoms with Gasteiger partial charge in [-0.1, -0.05) is 19.3 Å². The van der Waals surface area contributed by atoms with Gasteiger partial charge in [-0.05, 0) is 31.0 Å². The fourth-order valence-electron chi connectivity index (χ4n) is 2.50. The maximum atomic E-state index is 13.3. The van der Waals surface area contributed by atoms with Crippen LogP contribution in [-0.4, -0.2) is 28.6 Å². The van der Waals surface area contributed by atoms with Crippen molar-refractivity contribution in [3.63, 3.8) is 0 Å². The molecule has 0 aromatic heterocycles. The van der Waals surface area contributed by atoms with E-state index in [1.54, 1.807) is 0 Å². The predicted octanol–water partition coefficient (Wildman–Crippen LogP) is 4.98. The first-order valence-corrected chi connectivity index (χ1v) is 8.27. The summed E-state index contributed by atoms with van der Waals surface area (Å²) in [5, 5.41) is 11.7. The SMILES string of the molecule is CN(O)C(=O)Nc1ccc(SC2CCCCC2)c(C(F)(F)F)c1. The van der Waals surface area contributed by atoms with Gasteiger partial charge in [0, 0.05) is 22.9 Å². The molecule has 1 saturated carbocycles. The van der Waals surface area contributed by atoms with E-state index in [0.717, 1.165) is 45.2 Å². The lowest BCUT2D eigenvalue weighted by atomic mass is 10.0. The number of carbonyl (C=O) groups excluding carboxylic acids is 1. The van der Waals surface area contributed by atoms with Gasteiger partial charge in [-0.3, -0.25) is 5.21 Å². The van der Waals surface area contributed by atoms with Crippen LogP contribution in [0.25, 0.3) is 0 Å². The van der Waals surface area contributed by atoms with Crippen molar-refractivity contribution >= 4 is 23.5 Å². The summed E-state index contributed by atoms with van der Waals surface area (Å²) < 4.78 is 39.9. The van der Waals surface area contributed by atoms with Crippen molar-refractivity contribution in [2.75, 3.05) is 12.4 Å². The van der Waals surface area contributed by atoms with Gasteiger partial charge in [0.25, 0.3) is 0 Å². The summed E-state index contributed by atoms with van der Waals surface area (Å²) in [6.07, 6.45) is 0.600. The zero-order valence-corrected chi connectivity index (χ0v) is 13.5. The Morgan fingerprint density at radius 2 is 1.96 bits per heavy atom. The molecule has 0 atom stereocenters. The third-order valence-corrected chi connectivity index (χ3v) is 5.09. The van der Waals surface area contributed by atoms with Crippen LogP contribution in [0, 0.1) is 0 Å². The number of nitrogens with zero attached hydrogens (tertiary/aromatic N) is 1. The standard InChI is InChI=1S/C15H19F3N2O2S/c1-20(22)14(21)19-10-7-8-13(12(9-10)15(16,17)18)23-11-5-3-2-4-6-11/h7-9,11,22H,2-6H2,1H3,(H,19,21). The zero-order chi connectivity index (χ0) is 17.0. The minimum absolute atomic E-state index is 0.00350. The highest BCUT2D eigenvalue weighted by Gasteiger charge is 2.34. The van der Waals surface area contributed by atoms with Crippen molar-refractivity contribution in [3.05, 3.63) is 23.8 Å². The summed E-state index contributed by atoms with van der Waals surface area (Å²) in [7, 11) is 1.09. The van der Waals surface area contributed by atoms with Crippen molar-refractivity contribution in [2.24, 2.45) is 0 Å². The van der Waals surface area contributed by atoms with Crippen LogP contribution in [0.1, 0.15) is 37.7 Å². The second-order valence-corrected chi connectivity index (χ2v) is 6.88. The molecule has 1 aliphatic rings. The molecule has 0 unspecified atom stereocenters. The molecule has 2 N–H and O–H groups in total. The molecule has 1 fully saturated rings. The minimum atomic E-state index is -4.50. The molecule has 0 saturated heterocycles. The van der Waals surface area contributed by atoms with Gasteiger partial charge in [0.15, 0.2) is 0 Å². The average Bonchev–Trinajstić information content (AvgIpc) is 2.48. The van der Waals surface area contributed by atoms with E-state index in [4.69, 9.17) is 5.21 Å². The summed E-state index contributed by atoms with van der Waals surface area (Å²) in [5.74, 6) is 0. The topological polar surface area (TPSA) is 52.6 Å². The molecule has 1 aromatic carbocycles. The highest BCUT2D eigenvalue weighted by Crippen LogP contribution is 2.42. The Bertz CT molecular complexity index is 558. The highest BCUT2D eigenvalue weighted by atomic mass is 32.2. The fraction of sp³-hybridized carbons (Fsp3) is 0.533. The van der Waals surface area contributed by atoms with E-state index in [0.29, 0.717) is 0 Å². The maximum Gasteiger partial charge on any atom is 0.417 e. The van der Waals surface area contributed by atoms with Crippen LogP contribution in [0.4, 0.5) is 23.7 Å². The molecule has 4 nitrogen and oxygen atoms in total. The molecule has 0 heterocycles. The molecule has 1 aliphatic carbocycles. The number of hydrogen-bond donors (Lipinski definition) is 2. The maximum absolute atomic E-state index is 13.3. The number of amides is 2. The van der Waals surface area contributed by atoms with Crippen molar-refractivity contribution in [1.29, 1.82) is 0 Å². The molecule has 0 radical (unpaired) electrons. The van der Waals surface area contributed by atoms with Crippen LogP contribution in [-0.2, 0) is 6.18 Å². The van der Waals surface area contributed by atoms with Gasteiger partial charge in [0.1, 0.15) is 0 Å². The van der Waals surface area contributed by atoms with Crippen LogP contribution < -0.4 is 5.32 Å². The van der Waals surface area contributed by atoms with E-state index in [2.05, 4.69) is 5.32 Å². The van der Waals surface area contributed by atoms with Gasteiger partial charge in [0.05, 0.1) is 5.56 Å². The summed E-state index contributed by atoms with van der Waals surface area (Å²) in [5.41, 5.74) is -0.761. The lowest BCUT2D eigenvalue weighted by Crippen LogP contribution is -2.28. The normalized spacial score (nSPS) is 16.2. The number of carbonyl (C=O) groups is 1. The van der Waals surface area contributed by atoms with Gasteiger partial charge >= 0.3 is 12.2 Å². The van der Waals surface area contributed by atoms with Crippen LogP contribution in [0.5, 0.6) is 0 Å². The average molecular weight is 348 g/mol. The number of anilines is 1. The first-order chi connectivity index (χ1) is 10.8. The van der Waals surface area contributed by atoms with Gasteiger partial charge in [-0.25, -0.2) is 9.86 Å². The van der Waals surface area contributed by atoms with E-state index in [-0.39, 0.29) is 20.9 Å². The summed E-state index contributed by atoms with van der Waals surface area (Å²) in [6, 6.07) is 2.81. The molecule has 0 spiro atoms. The number of alkyl halides is 3. The largest absolute Gasteiger partial charge is 0.417 e. The molecular weight excluding hydrogens is 329 g/mol. The smallest absolute Gasteiger partial charge is 0.306 e. The first kappa shape index (κ1) is 17.9. The van der Waals surface area contributed by atoms with E-state index >= 15 is 0 Å². The van der Waals surface area contributed by atoms with Gasteiger partial charge in [-0.15, -0.1) is 11.8 Å². The van der Waals surface area contributed by atoms with Gasteiger partial charge < -0.3 is 5.32 Å². The number of hydrogen-bond acceptors (Lipinski definition) is 3. The Balaban J connectivity index is 2.22. The van der Waals surface area contributed by atoms with Crippen molar-refractivity contribution in [1.82, 2.24) is 5.06 Å². The van der Waals surface area contributed by atoms with Gasteiger partial charge in [-0.2, -0.15) is 13.2 Å². The molecule has 2 rings (SSSR count). The van der Waals surface area contributed by atoms with E-state index in [1.807, 2.05) is 0 Å². The number of hydroxylamine groups is 2. The number of halogens is 3. The third-order valence-electron chi connectivity index (χ3n) is 3.68. The minimum Gasteiger partial charge on any atom is -0.306 e. The van der Waals surface area contributed by atoms with Crippen LogP contribution in [0.2, 0.25) is 0 Å². The second kappa shape index (κ2) is 7.44. The molecule has 23 heavy (non-hydrogen) atoms. The van der Waals surface area contributed by atoms with E-state index in [9.17, 15) is 18.0 Å². The molecular formula is C15H19F3N2O2S. The Kier molecular flexibility index (Phi) is 5.80. The molecule has 128 valence electrons. The lowest BCUT2D eigenvalue weighted by Gasteiger charge is -2.23. The summed E-state index contributed by atoms with van der Waals surface area (Å²) >= 11 is 1.26. The van der Waals surface area contributed by atoms with Gasteiger partial charge in [0.2, 0.25) is 0 Å². The summed E-state index contributed by atoms with van der Waals surface area (Å²) in [4.78, 5) is 11.5. The Morgan fingerprint density at radius 3 is 2.52 bits per heavy atom. The van der Waals surface area contributed by atoms with Crippen LogP contribution >= 0.6 is 11.8 Å². The number of thioether (sulfide) groups is 1. The zero-order valence-electron chi connectivity index (χ0n) is 12.7. The van der Waals surface area contributed by atoms with Crippen LogP contribution in [0.3, 0.4) is 0 Å². The van der Waals surface area contributed by atoms with Crippen LogP contribution in [0.15, 0.2) is 23.1 Å². The molecule has 1 aromatic rings. The molecule has 0 bridgehead atoms. The Morgan fingerprint density at radius 1 is 1.30 bits per heavy atom. The van der Waals surface area contributed by atoms with Crippen molar-refractivity contribution in [2.45, 2.75) is 48.4 Å². The number of benzene rings is 1. The van der Waals surface area contributed by atoms with Crippen molar-refractivity contribution < 1.29 is 23.2 Å². The molecule has 2 amide bonds. The second-order valence-electron chi connectivity index (χ2n) is 5.54. The predicted molar refractivity (Wildman–Crippen MR) is 82.7 cm³/mol. The monoisotopic (exact) mass is 348 g/mol. The Labute approximate surface area is 137 Å². The number of urea groups is 1. The van der Waals surface area contributed by atoms with E-state index in [1.165, 1.54) is 23.9 Å². The third kappa shape index (κ3) is 5.04. The fourth-order valence-corrected chi connectivity index (χ4v) is 3.88. The molecule has 0 aliphatic heterocycles. The van der Waals surface area contributed by atoms with Crippen molar-refractivity contribution in [3.8, 4) is 0 Å². The molecule has 8 heteroatoms. The Hall–Kier alpha value is -1.41. The number of nitrogens with one attached hydrogen (secondary N) is 1. The quantitative estimate of drug-likeness (QED) is 0.598.